The molecular formula is C20H22N2O4S. The van der Waals surface area contributed by atoms with E-state index < -0.39 is 4.92 Å². The minimum absolute atomic E-state index is 0.00637. The van der Waals surface area contributed by atoms with Crippen LogP contribution >= 0.6 is 11.8 Å². The normalized spacial score (nSPS) is 16.6. The van der Waals surface area contributed by atoms with Gasteiger partial charge in [0.2, 0.25) is 5.91 Å². The van der Waals surface area contributed by atoms with Crippen LogP contribution in [0.1, 0.15) is 37.1 Å². The van der Waals surface area contributed by atoms with Gasteiger partial charge in [-0.15, -0.1) is 11.8 Å². The Morgan fingerprint density at radius 3 is 2.70 bits per heavy atom. The molecule has 1 atom stereocenters. The van der Waals surface area contributed by atoms with Crippen LogP contribution in [-0.2, 0) is 4.79 Å². The van der Waals surface area contributed by atoms with Gasteiger partial charge < -0.3 is 4.74 Å². The first kappa shape index (κ1) is 19.2. The minimum Gasteiger partial charge on any atom is -0.494 e. The maximum absolute atomic E-state index is 12.4. The molecule has 0 radical (unpaired) electrons. The van der Waals surface area contributed by atoms with E-state index in [9.17, 15) is 14.9 Å². The standard InChI is InChI=1S/C20H22N2O4S/c1-2-3-4-12-26-18-10-8-16(9-11-18)21-19(23)14-27-20(21)15-6-5-7-17(13-15)22(24)25/h5-11,13,20H,2-4,12,14H2,1H3. The molecule has 1 amide bonds. The summed E-state index contributed by atoms with van der Waals surface area (Å²) in [4.78, 5) is 24.8. The van der Waals surface area contributed by atoms with Crippen molar-refractivity contribution in [3.05, 3.63) is 64.2 Å². The van der Waals surface area contributed by atoms with E-state index in [-0.39, 0.29) is 17.0 Å². The zero-order valence-electron chi connectivity index (χ0n) is 15.2. The van der Waals surface area contributed by atoms with Gasteiger partial charge in [-0.3, -0.25) is 19.8 Å². The Hall–Kier alpha value is -2.54. The molecule has 7 heteroatoms. The lowest BCUT2D eigenvalue weighted by Crippen LogP contribution is -2.27. The zero-order chi connectivity index (χ0) is 19.2. The summed E-state index contributed by atoms with van der Waals surface area (Å²) >= 11 is 1.47. The molecule has 1 saturated heterocycles. The van der Waals surface area contributed by atoms with E-state index in [1.165, 1.54) is 23.9 Å². The number of rotatable bonds is 8. The first-order valence-corrected chi connectivity index (χ1v) is 10.1. The Morgan fingerprint density at radius 2 is 2.00 bits per heavy atom. The summed E-state index contributed by atoms with van der Waals surface area (Å²) in [6.07, 6.45) is 3.31. The van der Waals surface area contributed by atoms with Gasteiger partial charge in [-0.1, -0.05) is 31.9 Å². The first-order chi connectivity index (χ1) is 13.1. The lowest BCUT2D eigenvalue weighted by atomic mass is 10.1. The van der Waals surface area contributed by atoms with Crippen LogP contribution in [0.4, 0.5) is 11.4 Å². The van der Waals surface area contributed by atoms with Crippen molar-refractivity contribution >= 4 is 29.0 Å². The largest absolute Gasteiger partial charge is 0.494 e. The topological polar surface area (TPSA) is 72.7 Å². The van der Waals surface area contributed by atoms with E-state index >= 15 is 0 Å². The van der Waals surface area contributed by atoms with Crippen molar-refractivity contribution in [2.75, 3.05) is 17.3 Å². The van der Waals surface area contributed by atoms with Crippen molar-refractivity contribution in [2.24, 2.45) is 0 Å². The molecular weight excluding hydrogens is 364 g/mol. The SMILES string of the molecule is CCCCCOc1ccc(N2C(=O)CSC2c2cccc([N+](=O)[O-])c2)cc1. The van der Waals surface area contributed by atoms with E-state index in [2.05, 4.69) is 6.92 Å². The number of nitro benzene ring substituents is 1. The van der Waals surface area contributed by atoms with Crippen LogP contribution in [0.3, 0.4) is 0 Å². The predicted molar refractivity (Wildman–Crippen MR) is 107 cm³/mol. The summed E-state index contributed by atoms with van der Waals surface area (Å²) in [5.41, 5.74) is 1.55. The van der Waals surface area contributed by atoms with E-state index in [1.807, 2.05) is 30.3 Å². The Labute approximate surface area is 162 Å². The van der Waals surface area contributed by atoms with E-state index in [0.717, 1.165) is 36.3 Å². The molecule has 142 valence electrons. The molecule has 1 heterocycles. The fourth-order valence-electron chi connectivity index (χ4n) is 2.99. The van der Waals surface area contributed by atoms with Crippen LogP contribution < -0.4 is 9.64 Å². The van der Waals surface area contributed by atoms with Gasteiger partial charge >= 0.3 is 0 Å². The number of nitrogens with zero attached hydrogens (tertiary/aromatic N) is 2. The molecule has 3 rings (SSSR count). The third kappa shape index (κ3) is 4.60. The van der Waals surface area contributed by atoms with Crippen molar-refractivity contribution in [2.45, 2.75) is 31.6 Å². The Balaban J connectivity index is 1.76. The summed E-state index contributed by atoms with van der Waals surface area (Å²) in [7, 11) is 0. The second-order valence-corrected chi connectivity index (χ2v) is 7.40. The van der Waals surface area contributed by atoms with Gasteiger partial charge in [0.1, 0.15) is 11.1 Å². The number of hydrogen-bond acceptors (Lipinski definition) is 5. The number of anilines is 1. The van der Waals surface area contributed by atoms with Gasteiger partial charge in [-0.05, 0) is 36.2 Å². The number of non-ortho nitro benzene ring substituents is 1. The number of carbonyl (C=O) groups excluding carboxylic acids is 1. The van der Waals surface area contributed by atoms with Crippen molar-refractivity contribution < 1.29 is 14.5 Å². The van der Waals surface area contributed by atoms with Crippen LogP contribution in [0.15, 0.2) is 48.5 Å². The molecule has 0 aliphatic carbocycles. The molecule has 0 aromatic heterocycles. The highest BCUT2D eigenvalue weighted by molar-refractivity contribution is 8.00. The number of benzene rings is 2. The van der Waals surface area contributed by atoms with Crippen LogP contribution in [0, 0.1) is 10.1 Å². The van der Waals surface area contributed by atoms with Crippen LogP contribution in [-0.4, -0.2) is 23.2 Å². The minimum atomic E-state index is -0.417. The summed E-state index contributed by atoms with van der Waals surface area (Å²) < 4.78 is 5.72. The molecule has 6 nitrogen and oxygen atoms in total. The quantitative estimate of drug-likeness (QED) is 0.365. The fraction of sp³-hybridized carbons (Fsp3) is 0.350. The van der Waals surface area contributed by atoms with Crippen molar-refractivity contribution in [3.63, 3.8) is 0 Å². The van der Waals surface area contributed by atoms with Gasteiger partial charge in [0.25, 0.3) is 5.69 Å². The van der Waals surface area contributed by atoms with Crippen molar-refractivity contribution in [1.29, 1.82) is 0 Å². The number of carbonyl (C=O) groups is 1. The number of unbranched alkanes of at least 4 members (excludes halogenated alkanes) is 2. The van der Waals surface area contributed by atoms with Crippen molar-refractivity contribution in [3.8, 4) is 5.75 Å². The van der Waals surface area contributed by atoms with Gasteiger partial charge in [0.15, 0.2) is 0 Å². The molecule has 2 aromatic rings. The van der Waals surface area contributed by atoms with Crippen LogP contribution in [0.5, 0.6) is 5.75 Å². The van der Waals surface area contributed by atoms with Crippen molar-refractivity contribution in [1.82, 2.24) is 0 Å². The number of hydrogen-bond donors (Lipinski definition) is 0. The number of ether oxygens (including phenoxy) is 1. The first-order valence-electron chi connectivity index (χ1n) is 9.01. The Morgan fingerprint density at radius 1 is 1.22 bits per heavy atom. The summed E-state index contributed by atoms with van der Waals surface area (Å²) in [6, 6.07) is 13.9. The fourth-order valence-corrected chi connectivity index (χ4v) is 4.15. The average molecular weight is 386 g/mol. The smallest absolute Gasteiger partial charge is 0.269 e. The van der Waals surface area contributed by atoms with Gasteiger partial charge in [-0.25, -0.2) is 0 Å². The monoisotopic (exact) mass is 386 g/mol. The maximum Gasteiger partial charge on any atom is 0.269 e. The lowest BCUT2D eigenvalue weighted by molar-refractivity contribution is -0.384. The molecule has 1 aliphatic rings. The Kier molecular flexibility index (Phi) is 6.34. The van der Waals surface area contributed by atoms with Gasteiger partial charge in [0, 0.05) is 17.8 Å². The average Bonchev–Trinajstić information content (AvgIpc) is 3.07. The second-order valence-electron chi connectivity index (χ2n) is 6.33. The third-order valence-corrected chi connectivity index (χ3v) is 5.58. The highest BCUT2D eigenvalue weighted by Gasteiger charge is 2.34. The molecule has 27 heavy (non-hydrogen) atoms. The van der Waals surface area contributed by atoms with E-state index in [4.69, 9.17) is 4.74 Å². The molecule has 2 aromatic carbocycles. The van der Waals surface area contributed by atoms with E-state index in [1.54, 1.807) is 11.0 Å². The maximum atomic E-state index is 12.4. The van der Waals surface area contributed by atoms with E-state index in [0.29, 0.717) is 12.4 Å². The molecule has 1 fully saturated rings. The summed E-state index contributed by atoms with van der Waals surface area (Å²) in [5.74, 6) is 1.12. The highest BCUT2D eigenvalue weighted by atomic mass is 32.2. The lowest BCUT2D eigenvalue weighted by Gasteiger charge is -2.24. The Bertz CT molecular complexity index is 810. The molecule has 0 N–H and O–H groups in total. The van der Waals surface area contributed by atoms with Crippen LogP contribution in [0.25, 0.3) is 0 Å². The zero-order valence-corrected chi connectivity index (χ0v) is 16.0. The van der Waals surface area contributed by atoms with Gasteiger partial charge in [0.05, 0.1) is 17.3 Å². The number of nitro groups is 1. The molecule has 0 bridgehead atoms. The summed E-state index contributed by atoms with van der Waals surface area (Å²) in [6.45, 7) is 2.83. The molecule has 0 saturated carbocycles. The van der Waals surface area contributed by atoms with Gasteiger partial charge in [-0.2, -0.15) is 0 Å². The molecule has 1 aliphatic heterocycles. The third-order valence-electron chi connectivity index (χ3n) is 4.37. The number of thioether (sulfide) groups is 1. The second kappa shape index (κ2) is 8.90. The number of amides is 1. The summed E-state index contributed by atoms with van der Waals surface area (Å²) in [5, 5.41) is 10.8. The molecule has 0 spiro atoms. The highest BCUT2D eigenvalue weighted by Crippen LogP contribution is 2.42. The molecule has 1 unspecified atom stereocenters. The van der Waals surface area contributed by atoms with Crippen LogP contribution in [0.2, 0.25) is 0 Å². The predicted octanol–water partition coefficient (Wildman–Crippen LogP) is 4.94.